The van der Waals surface area contributed by atoms with Crippen LogP contribution in [0.5, 0.6) is 0 Å². The van der Waals surface area contributed by atoms with Crippen molar-refractivity contribution in [2.75, 3.05) is 6.54 Å². The van der Waals surface area contributed by atoms with Crippen molar-refractivity contribution in [1.82, 2.24) is 20.8 Å². The lowest BCUT2D eigenvalue weighted by atomic mass is 10.1. The Morgan fingerprint density at radius 2 is 2.00 bits per heavy atom. The number of rotatable bonds is 7. The van der Waals surface area contributed by atoms with Gasteiger partial charge in [-0.2, -0.15) is 18.2 Å². The molecule has 0 aliphatic rings. The van der Waals surface area contributed by atoms with Gasteiger partial charge in [0, 0.05) is 18.7 Å². The van der Waals surface area contributed by atoms with E-state index in [4.69, 9.17) is 9.63 Å². The van der Waals surface area contributed by atoms with Crippen molar-refractivity contribution in [3.8, 4) is 11.5 Å². The normalized spacial score (nSPS) is 11.2. The van der Waals surface area contributed by atoms with Gasteiger partial charge in [0.1, 0.15) is 6.42 Å². The number of nitrogens with one attached hydrogen (secondary N) is 2. The van der Waals surface area contributed by atoms with E-state index in [9.17, 15) is 22.8 Å². The summed E-state index contributed by atoms with van der Waals surface area (Å²) in [5, 5.41) is 16.7. The zero-order valence-electron chi connectivity index (χ0n) is 13.3. The summed E-state index contributed by atoms with van der Waals surface area (Å²) in [4.78, 5) is 25.6. The molecule has 0 spiro atoms. The fourth-order valence-corrected chi connectivity index (χ4v) is 1.96. The van der Waals surface area contributed by atoms with Crippen LogP contribution in [0.4, 0.5) is 18.0 Å². The largest absolute Gasteiger partial charge is 0.481 e. The number of hydrogen-bond donors (Lipinski definition) is 3. The number of halogens is 3. The van der Waals surface area contributed by atoms with E-state index in [1.807, 2.05) is 0 Å². The second kappa shape index (κ2) is 8.32. The molecule has 0 saturated carbocycles. The summed E-state index contributed by atoms with van der Waals surface area (Å²) < 4.78 is 41.8. The van der Waals surface area contributed by atoms with E-state index in [1.54, 1.807) is 24.3 Å². The van der Waals surface area contributed by atoms with Gasteiger partial charge in [0.2, 0.25) is 0 Å². The van der Waals surface area contributed by atoms with Crippen molar-refractivity contribution in [2.24, 2.45) is 0 Å². The molecule has 0 atom stereocenters. The molecule has 1 aromatic heterocycles. The number of carboxylic acids is 1. The smallest absolute Gasteiger partial charge is 0.396 e. The Morgan fingerprint density at radius 1 is 1.23 bits per heavy atom. The highest BCUT2D eigenvalue weighted by atomic mass is 19.4. The predicted molar refractivity (Wildman–Crippen MR) is 82.0 cm³/mol. The quantitative estimate of drug-likeness (QED) is 0.685. The number of hydrogen-bond acceptors (Lipinski definition) is 5. The topological polar surface area (TPSA) is 117 Å². The predicted octanol–water partition coefficient (Wildman–Crippen LogP) is 2.12. The van der Waals surface area contributed by atoms with E-state index >= 15 is 0 Å². The fourth-order valence-electron chi connectivity index (χ4n) is 1.96. The molecule has 0 aliphatic carbocycles. The fraction of sp³-hybridized carbons (Fsp3) is 0.333. The Hall–Kier alpha value is -3.11. The molecule has 140 valence electrons. The third-order valence-corrected chi connectivity index (χ3v) is 3.08. The van der Waals surface area contributed by atoms with E-state index in [2.05, 4.69) is 20.8 Å². The lowest BCUT2D eigenvalue weighted by Crippen LogP contribution is -2.36. The van der Waals surface area contributed by atoms with E-state index in [-0.39, 0.29) is 25.4 Å². The van der Waals surface area contributed by atoms with E-state index in [0.717, 1.165) is 0 Å². The minimum Gasteiger partial charge on any atom is -0.481 e. The molecule has 0 bridgehead atoms. The van der Waals surface area contributed by atoms with Gasteiger partial charge in [-0.25, -0.2) is 4.79 Å². The van der Waals surface area contributed by atoms with Gasteiger partial charge in [0.25, 0.3) is 5.89 Å². The van der Waals surface area contributed by atoms with Crippen LogP contribution in [0.3, 0.4) is 0 Å². The Kier molecular flexibility index (Phi) is 6.15. The summed E-state index contributed by atoms with van der Waals surface area (Å²) >= 11 is 0. The van der Waals surface area contributed by atoms with Crippen LogP contribution in [0.15, 0.2) is 28.8 Å². The number of carboxylic acid groups (broad SMARTS) is 1. The van der Waals surface area contributed by atoms with Crippen LogP contribution < -0.4 is 10.6 Å². The highest BCUT2D eigenvalue weighted by Gasteiger charge is 2.30. The van der Waals surface area contributed by atoms with Crippen molar-refractivity contribution >= 4 is 12.0 Å². The van der Waals surface area contributed by atoms with Crippen molar-refractivity contribution in [1.29, 1.82) is 0 Å². The number of carbonyl (C=O) groups is 2. The van der Waals surface area contributed by atoms with Crippen molar-refractivity contribution in [3.05, 3.63) is 35.7 Å². The highest BCUT2D eigenvalue weighted by molar-refractivity contribution is 5.75. The molecule has 11 heteroatoms. The average molecular weight is 372 g/mol. The van der Waals surface area contributed by atoms with Gasteiger partial charge in [0.15, 0.2) is 5.82 Å². The number of benzene rings is 1. The number of aliphatic carboxylic acids is 1. The number of alkyl halides is 3. The molecule has 2 amide bonds. The molecule has 2 aromatic rings. The van der Waals surface area contributed by atoms with Gasteiger partial charge in [0.05, 0.1) is 6.42 Å². The summed E-state index contributed by atoms with van der Waals surface area (Å²) in [6.07, 6.45) is -5.91. The van der Waals surface area contributed by atoms with Crippen LogP contribution in [0.1, 0.15) is 17.8 Å². The van der Waals surface area contributed by atoms with Crippen LogP contribution in [-0.2, 0) is 17.8 Å². The number of amides is 2. The molecule has 1 aromatic carbocycles. The van der Waals surface area contributed by atoms with Crippen LogP contribution in [0, 0.1) is 0 Å². The third kappa shape index (κ3) is 6.42. The van der Waals surface area contributed by atoms with Crippen LogP contribution >= 0.6 is 0 Å². The van der Waals surface area contributed by atoms with E-state index in [0.29, 0.717) is 11.1 Å². The lowest BCUT2D eigenvalue weighted by Gasteiger charge is -2.07. The lowest BCUT2D eigenvalue weighted by molar-refractivity contribution is -0.136. The maximum atomic E-state index is 12.3. The molecule has 3 N–H and O–H groups in total. The van der Waals surface area contributed by atoms with Gasteiger partial charge < -0.3 is 20.3 Å². The zero-order chi connectivity index (χ0) is 19.2. The SMILES string of the molecule is O=C(O)CCNC(=O)NCc1cccc(-c2nc(CC(F)(F)F)no2)c1. The summed E-state index contributed by atoms with van der Waals surface area (Å²) in [5.74, 6) is -1.55. The molecule has 1 heterocycles. The Bertz CT molecular complexity index is 776. The second-order valence-electron chi connectivity index (χ2n) is 5.26. The second-order valence-corrected chi connectivity index (χ2v) is 5.26. The van der Waals surface area contributed by atoms with Crippen LogP contribution in [0.25, 0.3) is 11.5 Å². The Morgan fingerprint density at radius 3 is 2.69 bits per heavy atom. The molecule has 0 aliphatic heterocycles. The van der Waals surface area contributed by atoms with Crippen molar-refractivity contribution in [3.63, 3.8) is 0 Å². The Balaban J connectivity index is 1.93. The highest BCUT2D eigenvalue weighted by Crippen LogP contribution is 2.23. The summed E-state index contributed by atoms with van der Waals surface area (Å²) in [7, 11) is 0. The van der Waals surface area contributed by atoms with Crippen LogP contribution in [-0.4, -0.2) is 40.0 Å². The molecule has 8 nitrogen and oxygen atoms in total. The van der Waals surface area contributed by atoms with Gasteiger partial charge in [-0.15, -0.1) is 0 Å². The summed E-state index contributed by atoms with van der Waals surface area (Å²) in [6, 6.07) is 5.95. The monoisotopic (exact) mass is 372 g/mol. The summed E-state index contributed by atoms with van der Waals surface area (Å²) in [6.45, 7) is 0.113. The minimum absolute atomic E-state index is 0.00876. The first-order chi connectivity index (χ1) is 12.2. The Labute approximate surface area is 145 Å². The maximum Gasteiger partial charge on any atom is 0.396 e. The van der Waals surface area contributed by atoms with Crippen molar-refractivity contribution in [2.45, 2.75) is 25.6 Å². The third-order valence-electron chi connectivity index (χ3n) is 3.08. The van der Waals surface area contributed by atoms with Gasteiger partial charge in [-0.05, 0) is 17.7 Å². The number of aromatic nitrogens is 2. The average Bonchev–Trinajstić information content (AvgIpc) is 2.99. The summed E-state index contributed by atoms with van der Waals surface area (Å²) in [5.41, 5.74) is 1.06. The van der Waals surface area contributed by atoms with Gasteiger partial charge in [-0.3, -0.25) is 4.79 Å². The van der Waals surface area contributed by atoms with Crippen molar-refractivity contribution < 1.29 is 32.4 Å². The molecule has 2 rings (SSSR count). The maximum absolute atomic E-state index is 12.3. The molecular weight excluding hydrogens is 357 g/mol. The zero-order valence-corrected chi connectivity index (χ0v) is 13.3. The number of urea groups is 1. The number of carbonyl (C=O) groups excluding carboxylic acids is 1. The number of nitrogens with zero attached hydrogens (tertiary/aromatic N) is 2. The first-order valence-corrected chi connectivity index (χ1v) is 7.45. The molecule has 0 fully saturated rings. The van der Waals surface area contributed by atoms with Crippen LogP contribution in [0.2, 0.25) is 0 Å². The first kappa shape index (κ1) is 19.2. The van der Waals surface area contributed by atoms with E-state index in [1.165, 1.54) is 0 Å². The van der Waals surface area contributed by atoms with Gasteiger partial charge in [-0.1, -0.05) is 17.3 Å². The molecule has 0 radical (unpaired) electrons. The first-order valence-electron chi connectivity index (χ1n) is 7.45. The molecule has 26 heavy (non-hydrogen) atoms. The van der Waals surface area contributed by atoms with Gasteiger partial charge >= 0.3 is 18.2 Å². The molecular formula is C15H15F3N4O4. The standard InChI is InChI=1S/C15H15F3N4O4/c16-15(17,18)7-11-21-13(26-22-11)10-3-1-2-9(6-10)8-20-14(25)19-5-4-12(23)24/h1-3,6H,4-5,7-8H2,(H,23,24)(H2,19,20,25). The molecule has 0 saturated heterocycles. The van der Waals surface area contributed by atoms with E-state index < -0.39 is 30.4 Å². The molecule has 0 unspecified atom stereocenters. The minimum atomic E-state index is -4.43.